The average Bonchev–Trinajstić information content (AvgIpc) is 4.50. The van der Waals surface area contributed by atoms with Crippen molar-refractivity contribution in [2.45, 2.75) is 218 Å². The topological polar surface area (TPSA) is 230 Å². The second-order valence-electron chi connectivity index (χ2n) is 22.7. The minimum absolute atomic E-state index is 0.0892. The van der Waals surface area contributed by atoms with E-state index in [2.05, 4.69) is 105 Å². The van der Waals surface area contributed by atoms with Crippen LogP contribution >= 0.6 is 81.8 Å². The van der Waals surface area contributed by atoms with E-state index in [1.165, 1.54) is 29.3 Å². The fourth-order valence-electron chi connectivity index (χ4n) is 11.1. The lowest BCUT2D eigenvalue weighted by Crippen LogP contribution is -2.18. The Morgan fingerprint density at radius 3 is 1.51 bits per heavy atom. The highest BCUT2D eigenvalue weighted by atomic mass is 79.9. The maximum absolute atomic E-state index is 12.2. The molecule has 8 N–H and O–H groups in total. The number of thiophene rings is 3. The summed E-state index contributed by atoms with van der Waals surface area (Å²) >= 11 is 15.8. The van der Waals surface area contributed by atoms with Gasteiger partial charge >= 0.3 is 17.9 Å². The first-order chi connectivity index (χ1) is 40.1. The number of aryl methyl sites for hydroxylation is 6. The maximum atomic E-state index is 12.2. The summed E-state index contributed by atoms with van der Waals surface area (Å²) < 4.78 is 3.38. The second kappa shape index (κ2) is 40.5. The molecule has 3 fully saturated rings. The number of carbonyl (C=O) groups excluding carboxylic acids is 1. The van der Waals surface area contributed by atoms with Crippen LogP contribution in [0.4, 0.5) is 0 Å². The van der Waals surface area contributed by atoms with Crippen molar-refractivity contribution >= 4 is 105 Å². The third-order valence-corrected chi connectivity index (χ3v) is 22.7. The molecule has 466 valence electrons. The average molecular weight is 1410 g/mol. The quantitative estimate of drug-likeness (QED) is 0.0126. The number of aliphatic hydroxyl groups is 5. The van der Waals surface area contributed by atoms with Crippen LogP contribution in [0.25, 0.3) is 0 Å². The van der Waals surface area contributed by atoms with E-state index in [1.807, 2.05) is 36.5 Å². The van der Waals surface area contributed by atoms with E-state index in [9.17, 15) is 44.7 Å². The van der Waals surface area contributed by atoms with Crippen LogP contribution in [0.5, 0.6) is 0 Å². The standard InChI is InChI=1S/C22H33BrO4S.2C22H29BrO4S/c3*1-15-20(23)14-18(28-15)12-11-17(24)10-8-16-9-13-21(25)19(16)6-4-2-3-5-7-22(26)27/h8,10,14,16-17,19,21,24-25H,2-7,9,11-13H2,1H3,(H,26,27);8,10,14,16-17,19,21,24-25H,3,5-7,9,11-13H2,1H3,(H,26,27);2,4,8,10,14,16,19,21,25H,3,5-7,9,11-13H2,1H3,(H,26,27)/b2*10-8+;4-2-,10-8+/t2*16-,17+,19+,21?;16-,19+,21?/m000/s1. The molecule has 0 aliphatic heterocycles. The van der Waals surface area contributed by atoms with E-state index < -0.39 is 30.1 Å². The number of allylic oxidation sites excluding steroid dienone is 6. The van der Waals surface area contributed by atoms with E-state index in [1.54, 1.807) is 40.1 Å². The number of rotatable bonds is 32. The number of aliphatic carboxylic acids is 3. The Labute approximate surface area is 536 Å². The highest BCUT2D eigenvalue weighted by Crippen LogP contribution is 2.39. The molecule has 0 spiro atoms. The normalized spacial score (nSPS) is 23.0. The molecule has 3 aliphatic carbocycles. The molecule has 84 heavy (non-hydrogen) atoms. The van der Waals surface area contributed by atoms with Crippen LogP contribution in [0.15, 0.2) is 80.2 Å². The number of hydrogen-bond donors (Lipinski definition) is 8. The number of ketones is 1. The van der Waals surface area contributed by atoms with Crippen molar-refractivity contribution in [3.05, 3.63) is 109 Å². The molecule has 0 radical (unpaired) electrons. The molecule has 3 aromatic heterocycles. The number of carboxylic acids is 3. The predicted molar refractivity (Wildman–Crippen MR) is 351 cm³/mol. The summed E-state index contributed by atoms with van der Waals surface area (Å²) in [7, 11) is 0. The lowest BCUT2D eigenvalue weighted by molar-refractivity contribution is -0.138. The molecule has 11 atom stereocenters. The van der Waals surface area contributed by atoms with Gasteiger partial charge in [0.15, 0.2) is 5.78 Å². The van der Waals surface area contributed by atoms with Crippen LogP contribution in [0.1, 0.15) is 177 Å². The number of unbranched alkanes of at least 4 members (excludes halogenated alkanes) is 5. The van der Waals surface area contributed by atoms with Gasteiger partial charge in [-0.2, -0.15) is 0 Å². The smallest absolute Gasteiger partial charge is 0.303 e. The van der Waals surface area contributed by atoms with Gasteiger partial charge in [0.25, 0.3) is 0 Å². The molecule has 12 nitrogen and oxygen atoms in total. The summed E-state index contributed by atoms with van der Waals surface area (Å²) in [5.41, 5.74) is 0. The van der Waals surface area contributed by atoms with Crippen molar-refractivity contribution < 1.29 is 60.0 Å². The maximum Gasteiger partial charge on any atom is 0.303 e. The molecule has 3 saturated carbocycles. The van der Waals surface area contributed by atoms with Crippen LogP contribution in [0.3, 0.4) is 0 Å². The molecule has 3 aliphatic rings. The SMILES string of the molecule is Cc1sc(CCC(=O)/C=C/[C@H]2CCC(O)[C@@H]2C/C=C\CCCC(=O)O)cc1Br.Cc1sc(CC[C@H](O)/C=C/[C@H]2CCC(O)[C@@H]2CC#CCCCC(=O)O)cc1Br.Cc1sc(CC[C@H](O)/C=C/[C@H]2CCC(O)[C@@H]2CCCCCCC(=O)O)cc1Br. The van der Waals surface area contributed by atoms with Crippen LogP contribution < -0.4 is 0 Å². The Morgan fingerprint density at radius 2 is 1.00 bits per heavy atom. The van der Waals surface area contributed by atoms with Gasteiger partial charge in [0.2, 0.25) is 0 Å². The van der Waals surface area contributed by atoms with Crippen LogP contribution in [0, 0.1) is 68.1 Å². The molecule has 6 rings (SSSR count). The monoisotopic (exact) mass is 1410 g/mol. The molecule has 3 heterocycles. The van der Waals surface area contributed by atoms with Crippen LogP contribution in [-0.2, 0) is 38.4 Å². The van der Waals surface area contributed by atoms with E-state index in [0.717, 1.165) is 116 Å². The lowest BCUT2D eigenvalue weighted by Gasteiger charge is -2.20. The number of carbonyl (C=O) groups is 4. The highest BCUT2D eigenvalue weighted by Gasteiger charge is 2.35. The van der Waals surface area contributed by atoms with Gasteiger partial charge in [0.05, 0.1) is 30.5 Å². The summed E-state index contributed by atoms with van der Waals surface area (Å²) in [6, 6.07) is 6.34. The molecular weight excluding hydrogens is 1320 g/mol. The van der Waals surface area contributed by atoms with Crippen LogP contribution in [-0.4, -0.2) is 95.1 Å². The summed E-state index contributed by atoms with van der Waals surface area (Å²) in [5, 5.41) is 77.3. The Hall–Kier alpha value is -3.06. The van der Waals surface area contributed by atoms with Gasteiger partial charge in [-0.05, 0) is 232 Å². The Balaban J connectivity index is 0.000000270. The third kappa shape index (κ3) is 28.8. The minimum Gasteiger partial charge on any atom is -0.481 e. The molecule has 3 aromatic rings. The zero-order valence-corrected chi connectivity index (χ0v) is 56.4. The molecule has 0 amide bonds. The zero-order chi connectivity index (χ0) is 61.6. The van der Waals surface area contributed by atoms with Crippen molar-refractivity contribution in [3.8, 4) is 11.8 Å². The largest absolute Gasteiger partial charge is 0.481 e. The summed E-state index contributed by atoms with van der Waals surface area (Å²) in [5.74, 6) is 5.24. The summed E-state index contributed by atoms with van der Waals surface area (Å²) in [6.07, 6.45) is 32.5. The number of halogens is 3. The van der Waals surface area contributed by atoms with Crippen molar-refractivity contribution in [2.24, 2.45) is 35.5 Å². The van der Waals surface area contributed by atoms with Gasteiger partial charge in [0, 0.05) is 87.1 Å². The van der Waals surface area contributed by atoms with Gasteiger partial charge in [0.1, 0.15) is 0 Å². The fraction of sp³-hybridized carbons (Fsp3) is 0.606. The van der Waals surface area contributed by atoms with E-state index >= 15 is 0 Å². The van der Waals surface area contributed by atoms with Crippen molar-refractivity contribution in [1.82, 2.24) is 0 Å². The van der Waals surface area contributed by atoms with Gasteiger partial charge in [-0.15, -0.1) is 45.9 Å². The van der Waals surface area contributed by atoms with Crippen molar-refractivity contribution in [3.63, 3.8) is 0 Å². The zero-order valence-electron chi connectivity index (χ0n) is 49.2. The van der Waals surface area contributed by atoms with Gasteiger partial charge in [-0.1, -0.05) is 61.8 Å². The van der Waals surface area contributed by atoms with E-state index in [4.69, 9.17) is 15.3 Å². The number of carboxylic acid groups (broad SMARTS) is 3. The Morgan fingerprint density at radius 1 is 0.548 bits per heavy atom. The Kier molecular flexibility index (Phi) is 35.4. The van der Waals surface area contributed by atoms with Crippen molar-refractivity contribution in [1.29, 1.82) is 0 Å². The Bertz CT molecular complexity index is 2600. The lowest BCUT2D eigenvalue weighted by atomic mass is 9.88. The molecule has 0 aromatic carbocycles. The molecule has 0 saturated heterocycles. The first-order valence-corrected chi connectivity index (χ1v) is 34.9. The first-order valence-electron chi connectivity index (χ1n) is 30.1. The minimum atomic E-state index is -0.793. The van der Waals surface area contributed by atoms with Crippen molar-refractivity contribution in [2.75, 3.05) is 0 Å². The number of hydrogen-bond acceptors (Lipinski definition) is 12. The van der Waals surface area contributed by atoms with Crippen LogP contribution in [0.2, 0.25) is 0 Å². The highest BCUT2D eigenvalue weighted by molar-refractivity contribution is 9.11. The number of aliphatic hydroxyl groups excluding tert-OH is 5. The molecular formula is C66H91Br3O12S3. The fourth-order valence-corrected chi connectivity index (χ4v) is 16.0. The van der Waals surface area contributed by atoms with E-state index in [-0.39, 0.29) is 72.9 Å². The van der Waals surface area contributed by atoms with Gasteiger partial charge < -0.3 is 40.9 Å². The van der Waals surface area contributed by atoms with Gasteiger partial charge in [-0.3, -0.25) is 19.2 Å². The second-order valence-corrected chi connectivity index (χ2v) is 29.3. The molecule has 18 heteroatoms. The summed E-state index contributed by atoms with van der Waals surface area (Å²) in [6.45, 7) is 6.23. The molecule has 0 bridgehead atoms. The van der Waals surface area contributed by atoms with Gasteiger partial charge in [-0.25, -0.2) is 0 Å². The van der Waals surface area contributed by atoms with E-state index in [0.29, 0.717) is 50.9 Å². The third-order valence-electron chi connectivity index (χ3n) is 16.1. The first kappa shape index (κ1) is 73.4. The molecule has 3 unspecified atom stereocenters. The summed E-state index contributed by atoms with van der Waals surface area (Å²) in [4.78, 5) is 51.3. The predicted octanol–water partition coefficient (Wildman–Crippen LogP) is 15.7.